The summed E-state index contributed by atoms with van der Waals surface area (Å²) in [6, 6.07) is 7.40. The number of carbonyl (C=O) groups is 2. The van der Waals surface area contributed by atoms with Gasteiger partial charge in [-0.3, -0.25) is 4.79 Å². The molecule has 0 bridgehead atoms. The van der Waals surface area contributed by atoms with Gasteiger partial charge in [-0.15, -0.1) is 0 Å². The van der Waals surface area contributed by atoms with Crippen molar-refractivity contribution < 1.29 is 9.59 Å². The van der Waals surface area contributed by atoms with Gasteiger partial charge in [0.1, 0.15) is 0 Å². The fourth-order valence-corrected chi connectivity index (χ4v) is 3.06. The molecule has 5 N–H and O–H groups in total. The molecule has 1 heterocycles. The zero-order chi connectivity index (χ0) is 22.4. The van der Waals surface area contributed by atoms with Crippen molar-refractivity contribution in [3.63, 3.8) is 0 Å². The monoisotopic (exact) mass is 424 g/mol. The maximum atomic E-state index is 12.6. The number of amides is 3. The highest BCUT2D eigenvalue weighted by molar-refractivity contribution is 5.95. The van der Waals surface area contributed by atoms with Gasteiger partial charge in [0.25, 0.3) is 5.91 Å². The third-order valence-corrected chi connectivity index (χ3v) is 4.87. The van der Waals surface area contributed by atoms with E-state index in [-0.39, 0.29) is 23.9 Å². The maximum Gasteiger partial charge on any atom is 0.319 e. The van der Waals surface area contributed by atoms with Gasteiger partial charge >= 0.3 is 6.03 Å². The molecule has 1 aromatic heterocycles. The first-order valence-corrected chi connectivity index (χ1v) is 10.8. The Morgan fingerprint density at radius 1 is 1.23 bits per heavy atom. The van der Waals surface area contributed by atoms with E-state index in [2.05, 4.69) is 21.0 Å². The van der Waals surface area contributed by atoms with Crippen LogP contribution >= 0.6 is 0 Å². The Kier molecular flexibility index (Phi) is 7.46. The van der Waals surface area contributed by atoms with E-state index in [1.807, 2.05) is 57.2 Å². The number of rotatable bonds is 9. The Labute approximate surface area is 183 Å². The summed E-state index contributed by atoms with van der Waals surface area (Å²) >= 11 is 0. The summed E-state index contributed by atoms with van der Waals surface area (Å²) in [7, 11) is 0. The molecule has 0 spiro atoms. The van der Waals surface area contributed by atoms with Gasteiger partial charge in [0.15, 0.2) is 0 Å². The van der Waals surface area contributed by atoms with Crippen LogP contribution in [0.5, 0.6) is 0 Å². The van der Waals surface area contributed by atoms with Crippen LogP contribution in [0.25, 0.3) is 5.69 Å². The van der Waals surface area contributed by atoms with Crippen molar-refractivity contribution in [2.24, 2.45) is 5.73 Å². The number of hydrogen-bond donors (Lipinski definition) is 4. The number of anilines is 1. The molecule has 31 heavy (non-hydrogen) atoms. The number of hydrogen-bond acceptors (Lipinski definition) is 4. The molecule has 1 aliphatic carbocycles. The normalized spacial score (nSPS) is 14.6. The van der Waals surface area contributed by atoms with E-state index < -0.39 is 0 Å². The number of aromatic nitrogens is 2. The molecule has 1 saturated carbocycles. The Hall–Kier alpha value is -3.13. The van der Waals surface area contributed by atoms with E-state index in [4.69, 9.17) is 5.73 Å². The zero-order valence-corrected chi connectivity index (χ0v) is 18.4. The summed E-state index contributed by atoms with van der Waals surface area (Å²) in [6.07, 6.45) is 8.44. The highest BCUT2D eigenvalue weighted by Crippen LogP contribution is 2.23. The molecule has 0 aliphatic heterocycles. The van der Waals surface area contributed by atoms with Crippen molar-refractivity contribution >= 4 is 17.6 Å². The average Bonchev–Trinajstić information content (AvgIpc) is 3.41. The van der Waals surface area contributed by atoms with Gasteiger partial charge in [-0.2, -0.15) is 5.10 Å². The van der Waals surface area contributed by atoms with E-state index >= 15 is 0 Å². The highest BCUT2D eigenvalue weighted by atomic mass is 16.2. The lowest BCUT2D eigenvalue weighted by molar-refractivity contribution is 0.0949. The lowest BCUT2D eigenvalue weighted by Crippen LogP contribution is -2.29. The SMILES string of the molecule is CC(N)/C=C\CCNC(=O)Nc1ccc(-n2cc(C(=O)NC3CC3)c(C(C)C)n2)cc1. The van der Waals surface area contributed by atoms with Crippen LogP contribution in [0.1, 0.15) is 62.0 Å². The van der Waals surface area contributed by atoms with Crippen molar-refractivity contribution in [1.29, 1.82) is 0 Å². The van der Waals surface area contributed by atoms with Crippen LogP contribution in [-0.2, 0) is 0 Å². The van der Waals surface area contributed by atoms with Gasteiger partial charge in [-0.1, -0.05) is 26.0 Å². The van der Waals surface area contributed by atoms with Crippen molar-refractivity contribution in [2.75, 3.05) is 11.9 Å². The third-order valence-electron chi connectivity index (χ3n) is 4.87. The topological polar surface area (TPSA) is 114 Å². The van der Waals surface area contributed by atoms with Crippen molar-refractivity contribution in [3.8, 4) is 5.69 Å². The van der Waals surface area contributed by atoms with Crippen LogP contribution in [0, 0.1) is 0 Å². The van der Waals surface area contributed by atoms with Crippen LogP contribution in [0.4, 0.5) is 10.5 Å². The summed E-state index contributed by atoms with van der Waals surface area (Å²) in [6.45, 7) is 6.48. The number of nitrogens with one attached hydrogen (secondary N) is 3. The summed E-state index contributed by atoms with van der Waals surface area (Å²) < 4.78 is 1.71. The van der Waals surface area contributed by atoms with E-state index in [0.717, 1.165) is 30.6 Å². The van der Waals surface area contributed by atoms with Crippen molar-refractivity contribution in [3.05, 3.63) is 53.9 Å². The molecule has 2 aromatic rings. The molecule has 8 nitrogen and oxygen atoms in total. The first kappa shape index (κ1) is 22.6. The van der Waals surface area contributed by atoms with E-state index in [1.165, 1.54) is 0 Å². The van der Waals surface area contributed by atoms with Crippen LogP contribution in [0.3, 0.4) is 0 Å². The van der Waals surface area contributed by atoms with Gasteiger partial charge in [-0.05, 0) is 56.4 Å². The summed E-state index contributed by atoms with van der Waals surface area (Å²) in [5, 5.41) is 13.3. The Bertz CT molecular complexity index is 926. The maximum absolute atomic E-state index is 12.6. The van der Waals surface area contributed by atoms with Gasteiger partial charge in [0.2, 0.25) is 0 Å². The number of nitrogens with zero attached hydrogens (tertiary/aromatic N) is 2. The number of nitrogens with two attached hydrogens (primary N) is 1. The van der Waals surface area contributed by atoms with E-state index in [1.54, 1.807) is 10.9 Å². The molecule has 1 atom stereocenters. The molecular formula is C23H32N6O2. The molecular weight excluding hydrogens is 392 g/mol. The number of benzene rings is 1. The Morgan fingerprint density at radius 3 is 2.55 bits per heavy atom. The molecule has 1 unspecified atom stereocenters. The first-order chi connectivity index (χ1) is 14.8. The highest BCUT2D eigenvalue weighted by Gasteiger charge is 2.27. The van der Waals surface area contributed by atoms with Crippen molar-refractivity contribution in [1.82, 2.24) is 20.4 Å². The number of carbonyl (C=O) groups excluding carboxylic acids is 2. The van der Waals surface area contributed by atoms with E-state index in [0.29, 0.717) is 23.8 Å². The summed E-state index contributed by atoms with van der Waals surface area (Å²) in [4.78, 5) is 24.6. The van der Waals surface area contributed by atoms with Crippen LogP contribution in [0.15, 0.2) is 42.6 Å². The molecule has 0 radical (unpaired) electrons. The zero-order valence-electron chi connectivity index (χ0n) is 18.4. The summed E-state index contributed by atoms with van der Waals surface area (Å²) in [5.41, 5.74) is 8.52. The van der Waals surface area contributed by atoms with E-state index in [9.17, 15) is 9.59 Å². The Balaban J connectivity index is 1.60. The lowest BCUT2D eigenvalue weighted by Gasteiger charge is -2.08. The molecule has 1 fully saturated rings. The molecule has 166 valence electrons. The first-order valence-electron chi connectivity index (χ1n) is 10.8. The second-order valence-electron chi connectivity index (χ2n) is 8.28. The lowest BCUT2D eigenvalue weighted by atomic mass is 10.1. The quantitative estimate of drug-likeness (QED) is 0.365. The molecule has 8 heteroatoms. The predicted octanol–water partition coefficient (Wildman–Crippen LogP) is 3.30. The predicted molar refractivity (Wildman–Crippen MR) is 123 cm³/mol. The van der Waals surface area contributed by atoms with Crippen molar-refractivity contribution in [2.45, 2.75) is 58.0 Å². The molecule has 3 rings (SSSR count). The third kappa shape index (κ3) is 6.68. The molecule has 1 aromatic carbocycles. The van der Waals surface area contributed by atoms with Crippen LogP contribution in [0.2, 0.25) is 0 Å². The molecule has 1 aliphatic rings. The Morgan fingerprint density at radius 2 is 1.94 bits per heavy atom. The largest absolute Gasteiger partial charge is 0.349 e. The fraction of sp³-hybridized carbons (Fsp3) is 0.435. The standard InChI is InChI=1S/C23H32N6O2/c1-15(2)21-20(22(30)26-17-7-8-17)14-29(28-21)19-11-9-18(10-12-19)27-23(31)25-13-5-4-6-16(3)24/h4,6,9-12,14-17H,5,7-8,13,24H2,1-3H3,(H,26,30)(H2,25,27,31)/b6-4-. The van der Waals surface area contributed by atoms with Gasteiger partial charge in [0.05, 0.1) is 16.9 Å². The second kappa shape index (κ2) is 10.3. The second-order valence-corrected chi connectivity index (χ2v) is 8.28. The average molecular weight is 425 g/mol. The molecule has 3 amide bonds. The van der Waals surface area contributed by atoms with Gasteiger partial charge in [-0.25, -0.2) is 9.48 Å². The minimum Gasteiger partial charge on any atom is -0.349 e. The van der Waals surface area contributed by atoms with Gasteiger partial charge < -0.3 is 21.7 Å². The summed E-state index contributed by atoms with van der Waals surface area (Å²) in [5.74, 6) is 0.0666. The minimum absolute atomic E-state index is 0.0161. The molecule has 0 saturated heterocycles. The van der Waals surface area contributed by atoms with Crippen LogP contribution in [-0.4, -0.2) is 40.3 Å². The smallest absolute Gasteiger partial charge is 0.319 e. The van der Waals surface area contributed by atoms with Gasteiger partial charge in [0, 0.05) is 30.5 Å². The number of urea groups is 1. The minimum atomic E-state index is -0.262. The fourth-order valence-electron chi connectivity index (χ4n) is 3.06. The van der Waals surface area contributed by atoms with Crippen LogP contribution < -0.4 is 21.7 Å².